The molecule has 0 unspecified atom stereocenters. The summed E-state index contributed by atoms with van der Waals surface area (Å²) >= 11 is 2.98. The Labute approximate surface area is 276 Å². The second kappa shape index (κ2) is 14.5. The van der Waals surface area contributed by atoms with E-state index >= 15 is 0 Å². The van der Waals surface area contributed by atoms with Crippen LogP contribution in [0.5, 0.6) is 11.5 Å². The molecule has 2 aromatic heterocycles. The number of carbonyl (C=O) groups is 3. The lowest BCUT2D eigenvalue weighted by atomic mass is 9.91. The van der Waals surface area contributed by atoms with Crippen LogP contribution in [0.25, 0.3) is 26.5 Å². The molecular weight excluding hydrogens is 617 g/mol. The summed E-state index contributed by atoms with van der Waals surface area (Å²) in [5.41, 5.74) is 7.15. The molecule has 234 valence electrons. The number of thiophene rings is 2. The third kappa shape index (κ3) is 7.70. The van der Waals surface area contributed by atoms with E-state index in [0.29, 0.717) is 18.1 Å². The van der Waals surface area contributed by atoms with Crippen molar-refractivity contribution in [2.75, 3.05) is 13.2 Å². The number of aryl methyl sites for hydroxylation is 1. The first-order valence-electron chi connectivity index (χ1n) is 14.9. The number of aliphatic carboxylic acids is 1. The smallest absolute Gasteiger partial charge is 0.341 e. The van der Waals surface area contributed by atoms with Gasteiger partial charge in [0.05, 0.1) is 9.75 Å². The number of ether oxygens (including phenoxy) is 2. The Hall–Kier alpha value is -4.79. The average molecular weight is 651 g/mol. The molecule has 0 aliphatic rings. The zero-order valence-electron chi connectivity index (χ0n) is 26.1. The zero-order valence-corrected chi connectivity index (χ0v) is 27.7. The number of Topliss-reactive ketones (excluding diaryl/α,β-unsaturated/α-hetero) is 2. The van der Waals surface area contributed by atoms with Crippen LogP contribution in [0, 0.1) is 6.92 Å². The second-order valence-corrected chi connectivity index (χ2v) is 13.0. The molecule has 3 aromatic carbocycles. The minimum Gasteiger partial charge on any atom is -0.489 e. The number of carbonyl (C=O) groups excluding carboxylic acids is 2. The van der Waals surface area contributed by atoms with Crippen LogP contribution in [-0.4, -0.2) is 35.9 Å². The standard InChI is InChI=1S/C38H34O6S2/c1-5-26(21-43-31-14-15-32(23(2)20-31)44-22-37(41)42)38(29-10-6-27(7-11-29)35-18-16-33(45-35)24(3)39)30-12-8-28(9-13-30)36-19-17-34(46-36)25(4)40/h6-20H,5,21-22H2,1-4H3,(H,41,42). The number of hydrogen-bond donors (Lipinski definition) is 1. The molecule has 0 atom stereocenters. The molecule has 0 bridgehead atoms. The Morgan fingerprint density at radius 2 is 1.20 bits per heavy atom. The van der Waals surface area contributed by atoms with Crippen LogP contribution in [-0.2, 0) is 4.79 Å². The molecule has 6 nitrogen and oxygen atoms in total. The number of hydrogen-bond acceptors (Lipinski definition) is 7. The summed E-state index contributed by atoms with van der Waals surface area (Å²) in [7, 11) is 0. The van der Waals surface area contributed by atoms with Gasteiger partial charge < -0.3 is 14.6 Å². The summed E-state index contributed by atoms with van der Waals surface area (Å²) in [6.45, 7) is 7.08. The summed E-state index contributed by atoms with van der Waals surface area (Å²) in [6, 6.07) is 29.9. The minimum absolute atomic E-state index is 0.0619. The Morgan fingerprint density at radius 3 is 1.61 bits per heavy atom. The van der Waals surface area contributed by atoms with Crippen molar-refractivity contribution in [1.82, 2.24) is 0 Å². The first kappa shape index (κ1) is 32.6. The van der Waals surface area contributed by atoms with Crippen molar-refractivity contribution in [2.45, 2.75) is 34.1 Å². The van der Waals surface area contributed by atoms with Crippen molar-refractivity contribution in [3.63, 3.8) is 0 Å². The molecule has 0 spiro atoms. The largest absolute Gasteiger partial charge is 0.489 e. The number of rotatable bonds is 13. The van der Waals surface area contributed by atoms with Crippen molar-refractivity contribution in [1.29, 1.82) is 0 Å². The lowest BCUT2D eigenvalue weighted by molar-refractivity contribution is -0.139. The molecular formula is C38H34O6S2. The van der Waals surface area contributed by atoms with Crippen LogP contribution in [0.1, 0.15) is 63.2 Å². The fourth-order valence-electron chi connectivity index (χ4n) is 5.08. The first-order chi connectivity index (χ1) is 22.1. The summed E-state index contributed by atoms with van der Waals surface area (Å²) < 4.78 is 11.7. The molecule has 0 saturated heterocycles. The van der Waals surface area contributed by atoms with E-state index in [1.807, 2.05) is 37.3 Å². The molecule has 0 saturated carbocycles. The lowest BCUT2D eigenvalue weighted by Gasteiger charge is -2.18. The maximum absolute atomic E-state index is 11.8. The summed E-state index contributed by atoms with van der Waals surface area (Å²) in [5.74, 6) is 0.260. The molecule has 1 N–H and O–H groups in total. The Kier molecular flexibility index (Phi) is 10.3. The van der Waals surface area contributed by atoms with E-state index in [-0.39, 0.29) is 11.6 Å². The van der Waals surface area contributed by atoms with Crippen LogP contribution in [0.4, 0.5) is 0 Å². The van der Waals surface area contributed by atoms with Gasteiger partial charge in [-0.2, -0.15) is 0 Å². The van der Waals surface area contributed by atoms with Gasteiger partial charge in [0.1, 0.15) is 18.1 Å². The predicted octanol–water partition coefficient (Wildman–Crippen LogP) is 9.61. The van der Waals surface area contributed by atoms with E-state index in [4.69, 9.17) is 14.6 Å². The van der Waals surface area contributed by atoms with E-state index in [0.717, 1.165) is 64.9 Å². The maximum atomic E-state index is 11.8. The van der Waals surface area contributed by atoms with Gasteiger partial charge in [0.25, 0.3) is 0 Å². The van der Waals surface area contributed by atoms with Gasteiger partial charge in [-0.3, -0.25) is 9.59 Å². The van der Waals surface area contributed by atoms with E-state index in [9.17, 15) is 14.4 Å². The average Bonchev–Trinajstić information content (AvgIpc) is 3.74. The maximum Gasteiger partial charge on any atom is 0.341 e. The van der Waals surface area contributed by atoms with Gasteiger partial charge in [0.15, 0.2) is 18.2 Å². The third-order valence-corrected chi connectivity index (χ3v) is 9.98. The highest BCUT2D eigenvalue weighted by molar-refractivity contribution is 7.17. The van der Waals surface area contributed by atoms with E-state index in [1.165, 1.54) is 22.7 Å². The fourth-order valence-corrected chi connectivity index (χ4v) is 6.89. The van der Waals surface area contributed by atoms with E-state index in [1.54, 1.807) is 26.0 Å². The quantitative estimate of drug-likeness (QED) is 0.128. The molecule has 0 aliphatic heterocycles. The molecule has 46 heavy (non-hydrogen) atoms. The SMILES string of the molecule is CCC(COc1ccc(OCC(=O)O)c(C)c1)=C(c1ccc(-c2ccc(C(C)=O)s2)cc1)c1ccc(-c2ccc(C(C)=O)s2)cc1. The van der Waals surface area contributed by atoms with E-state index in [2.05, 4.69) is 55.5 Å². The van der Waals surface area contributed by atoms with Gasteiger partial charge in [-0.1, -0.05) is 55.5 Å². The highest BCUT2D eigenvalue weighted by Gasteiger charge is 2.15. The molecule has 0 aliphatic carbocycles. The van der Waals surface area contributed by atoms with Crippen molar-refractivity contribution < 1.29 is 29.0 Å². The Morgan fingerprint density at radius 1 is 0.674 bits per heavy atom. The molecule has 0 amide bonds. The second-order valence-electron chi connectivity index (χ2n) is 10.8. The van der Waals surface area contributed by atoms with Crippen molar-refractivity contribution in [2.24, 2.45) is 0 Å². The van der Waals surface area contributed by atoms with Gasteiger partial charge in [-0.15, -0.1) is 22.7 Å². The molecule has 2 heterocycles. The van der Waals surface area contributed by atoms with Crippen LogP contribution in [0.3, 0.4) is 0 Å². The molecule has 0 radical (unpaired) electrons. The van der Waals surface area contributed by atoms with Crippen molar-refractivity contribution in [3.8, 4) is 32.4 Å². The summed E-state index contributed by atoms with van der Waals surface area (Å²) in [5, 5.41) is 8.94. The topological polar surface area (TPSA) is 89.9 Å². The van der Waals surface area contributed by atoms with Gasteiger partial charge >= 0.3 is 5.97 Å². The molecule has 0 fully saturated rings. The Balaban J connectivity index is 1.48. The number of benzene rings is 3. The molecule has 5 aromatic rings. The van der Waals surface area contributed by atoms with Gasteiger partial charge in [0.2, 0.25) is 0 Å². The summed E-state index contributed by atoms with van der Waals surface area (Å²) in [6.07, 6.45) is 0.747. The minimum atomic E-state index is -1.03. The fraction of sp³-hybridized carbons (Fsp3) is 0.184. The van der Waals surface area contributed by atoms with Crippen LogP contribution < -0.4 is 9.47 Å². The number of carboxylic acid groups (broad SMARTS) is 1. The normalized spacial score (nSPS) is 10.8. The lowest BCUT2D eigenvalue weighted by Crippen LogP contribution is -2.10. The highest BCUT2D eigenvalue weighted by atomic mass is 32.1. The van der Waals surface area contributed by atoms with Crippen molar-refractivity contribution >= 4 is 45.8 Å². The number of carboxylic acids is 1. The highest BCUT2D eigenvalue weighted by Crippen LogP contribution is 2.35. The van der Waals surface area contributed by atoms with Gasteiger partial charge in [-0.05, 0) is 109 Å². The van der Waals surface area contributed by atoms with Crippen LogP contribution in [0.2, 0.25) is 0 Å². The summed E-state index contributed by atoms with van der Waals surface area (Å²) in [4.78, 5) is 38.2. The number of ketones is 2. The predicted molar refractivity (Wildman–Crippen MR) is 186 cm³/mol. The molecule has 8 heteroatoms. The Bertz CT molecular complexity index is 1810. The van der Waals surface area contributed by atoms with Crippen LogP contribution in [0.15, 0.2) is 96.6 Å². The van der Waals surface area contributed by atoms with Gasteiger partial charge in [-0.25, -0.2) is 4.79 Å². The molecule has 5 rings (SSSR count). The monoisotopic (exact) mass is 650 g/mol. The first-order valence-corrected chi connectivity index (χ1v) is 16.5. The van der Waals surface area contributed by atoms with E-state index < -0.39 is 12.6 Å². The van der Waals surface area contributed by atoms with Crippen LogP contribution >= 0.6 is 22.7 Å². The third-order valence-electron chi connectivity index (χ3n) is 7.51. The van der Waals surface area contributed by atoms with Gasteiger partial charge in [0, 0.05) is 9.75 Å². The van der Waals surface area contributed by atoms with Crippen molar-refractivity contribution in [3.05, 3.63) is 123 Å². The zero-order chi connectivity index (χ0) is 32.8.